The van der Waals surface area contributed by atoms with Crippen molar-refractivity contribution in [2.45, 2.75) is 26.3 Å². The number of nitrogens with one attached hydrogen (secondary N) is 2. The third-order valence-electron chi connectivity index (χ3n) is 2.85. The quantitative estimate of drug-likeness (QED) is 0.824. The number of carbonyl (C=O) groups excluding carboxylic acids is 1. The number of benzene rings is 1. The highest BCUT2D eigenvalue weighted by molar-refractivity contribution is 6.42. The van der Waals surface area contributed by atoms with Crippen LogP contribution in [0.1, 0.15) is 20.3 Å². The molecule has 2 amide bonds. The number of hydrogen-bond acceptors (Lipinski definition) is 2. The maximum absolute atomic E-state index is 12.1. The zero-order valence-corrected chi connectivity index (χ0v) is 14.4. The Hall–Kier alpha value is -0.970. The first-order valence-corrected chi connectivity index (χ1v) is 7.70. The Morgan fingerprint density at radius 2 is 1.90 bits per heavy atom. The fraction of sp³-hybridized carbons (Fsp3) is 0.533. The molecule has 0 aliphatic heterocycles. The molecule has 0 bridgehead atoms. The molecule has 4 nitrogen and oxygen atoms in total. The topological polar surface area (TPSA) is 44.4 Å². The Bertz CT molecular complexity index is 468. The average Bonchev–Trinajstić information content (AvgIpc) is 2.31. The van der Waals surface area contributed by atoms with Gasteiger partial charge in [0.1, 0.15) is 0 Å². The molecule has 1 rings (SSSR count). The first-order chi connectivity index (χ1) is 9.77. The van der Waals surface area contributed by atoms with E-state index in [0.717, 1.165) is 13.0 Å². The molecule has 0 aliphatic carbocycles. The van der Waals surface area contributed by atoms with E-state index in [9.17, 15) is 4.79 Å². The van der Waals surface area contributed by atoms with E-state index in [0.29, 0.717) is 21.7 Å². The van der Waals surface area contributed by atoms with Crippen LogP contribution in [0.15, 0.2) is 18.2 Å². The lowest BCUT2D eigenvalue weighted by Crippen LogP contribution is -2.44. The second-order valence-electron chi connectivity index (χ2n) is 5.82. The average molecular weight is 332 g/mol. The fourth-order valence-electron chi connectivity index (χ4n) is 2.12. The molecule has 0 heterocycles. The summed E-state index contributed by atoms with van der Waals surface area (Å²) in [5.41, 5.74) is 0.620. The van der Waals surface area contributed by atoms with E-state index in [-0.39, 0.29) is 12.1 Å². The molecule has 1 atom stereocenters. The summed E-state index contributed by atoms with van der Waals surface area (Å²) in [5.74, 6) is 0.514. The Balaban J connectivity index is 2.61. The van der Waals surface area contributed by atoms with Crippen molar-refractivity contribution in [3.63, 3.8) is 0 Å². The van der Waals surface area contributed by atoms with Gasteiger partial charge in [-0.2, -0.15) is 0 Å². The lowest BCUT2D eigenvalue weighted by atomic mass is 10.0. The summed E-state index contributed by atoms with van der Waals surface area (Å²) in [5, 5.41) is 6.65. The van der Waals surface area contributed by atoms with Gasteiger partial charge in [-0.1, -0.05) is 37.0 Å². The van der Waals surface area contributed by atoms with Crippen molar-refractivity contribution in [3.8, 4) is 0 Å². The van der Waals surface area contributed by atoms with Gasteiger partial charge in [-0.3, -0.25) is 0 Å². The number of anilines is 1. The SMILES string of the molecule is CC(C)CC(CN(C)C)NC(=O)Nc1ccc(Cl)c(Cl)c1. The minimum absolute atomic E-state index is 0.0998. The third-order valence-corrected chi connectivity index (χ3v) is 3.59. The largest absolute Gasteiger partial charge is 0.334 e. The molecule has 0 radical (unpaired) electrons. The highest BCUT2D eigenvalue weighted by Gasteiger charge is 2.15. The second kappa shape index (κ2) is 8.47. The van der Waals surface area contributed by atoms with Crippen LogP contribution in [-0.4, -0.2) is 37.6 Å². The van der Waals surface area contributed by atoms with Crippen LogP contribution in [0.25, 0.3) is 0 Å². The van der Waals surface area contributed by atoms with Crippen molar-refractivity contribution in [1.29, 1.82) is 0 Å². The number of carbonyl (C=O) groups is 1. The number of hydrogen-bond donors (Lipinski definition) is 2. The summed E-state index contributed by atoms with van der Waals surface area (Å²) < 4.78 is 0. The second-order valence-corrected chi connectivity index (χ2v) is 6.63. The molecule has 0 saturated heterocycles. The van der Waals surface area contributed by atoms with Crippen molar-refractivity contribution in [3.05, 3.63) is 28.2 Å². The number of urea groups is 1. The Kier molecular flexibility index (Phi) is 7.29. The van der Waals surface area contributed by atoms with Gasteiger partial charge in [-0.15, -0.1) is 0 Å². The summed E-state index contributed by atoms with van der Waals surface area (Å²) in [6.45, 7) is 5.08. The highest BCUT2D eigenvalue weighted by atomic mass is 35.5. The normalized spacial score (nSPS) is 12.6. The number of amides is 2. The van der Waals surface area contributed by atoms with Crippen molar-refractivity contribution in [2.75, 3.05) is 26.0 Å². The van der Waals surface area contributed by atoms with Crippen LogP contribution in [-0.2, 0) is 0 Å². The van der Waals surface area contributed by atoms with E-state index < -0.39 is 0 Å². The van der Waals surface area contributed by atoms with E-state index in [1.807, 2.05) is 14.1 Å². The van der Waals surface area contributed by atoms with E-state index in [2.05, 4.69) is 29.4 Å². The van der Waals surface area contributed by atoms with Gasteiger partial charge in [0.2, 0.25) is 0 Å². The Labute approximate surface area is 136 Å². The van der Waals surface area contributed by atoms with Gasteiger partial charge < -0.3 is 15.5 Å². The molecule has 0 fully saturated rings. The van der Waals surface area contributed by atoms with Gasteiger partial charge >= 0.3 is 6.03 Å². The smallest absolute Gasteiger partial charge is 0.319 e. The van der Waals surface area contributed by atoms with Crippen LogP contribution >= 0.6 is 23.2 Å². The molecule has 6 heteroatoms. The zero-order chi connectivity index (χ0) is 16.0. The zero-order valence-electron chi connectivity index (χ0n) is 12.9. The minimum Gasteiger partial charge on any atom is -0.334 e. The monoisotopic (exact) mass is 331 g/mol. The molecule has 1 aromatic rings. The molecule has 0 aliphatic rings. The van der Waals surface area contributed by atoms with Gasteiger partial charge in [0.25, 0.3) is 0 Å². The summed E-state index contributed by atoms with van der Waals surface area (Å²) in [6, 6.07) is 4.87. The molecule has 0 spiro atoms. The predicted octanol–water partition coefficient (Wildman–Crippen LogP) is 4.09. The maximum atomic E-state index is 12.1. The van der Waals surface area contributed by atoms with E-state index in [4.69, 9.17) is 23.2 Å². The molecule has 0 saturated carbocycles. The predicted molar refractivity (Wildman–Crippen MR) is 90.4 cm³/mol. The van der Waals surface area contributed by atoms with Gasteiger partial charge in [0, 0.05) is 18.3 Å². The lowest BCUT2D eigenvalue weighted by Gasteiger charge is -2.24. The molecule has 0 aromatic heterocycles. The molecular formula is C15H23Cl2N3O. The Morgan fingerprint density at radius 3 is 2.43 bits per heavy atom. The van der Waals surface area contributed by atoms with Crippen molar-refractivity contribution >= 4 is 34.9 Å². The highest BCUT2D eigenvalue weighted by Crippen LogP contribution is 2.24. The standard InChI is InChI=1S/C15H23Cl2N3O/c1-10(2)7-12(9-20(3)4)19-15(21)18-11-5-6-13(16)14(17)8-11/h5-6,8,10,12H,7,9H2,1-4H3,(H2,18,19,21). The van der Waals surface area contributed by atoms with Crippen molar-refractivity contribution < 1.29 is 4.79 Å². The summed E-state index contributed by atoms with van der Waals surface area (Å²) >= 11 is 11.8. The van der Waals surface area contributed by atoms with Crippen LogP contribution < -0.4 is 10.6 Å². The maximum Gasteiger partial charge on any atom is 0.319 e. The van der Waals surface area contributed by atoms with Crippen LogP contribution in [0.5, 0.6) is 0 Å². The van der Waals surface area contributed by atoms with Crippen LogP contribution in [0.4, 0.5) is 10.5 Å². The van der Waals surface area contributed by atoms with Crippen LogP contribution in [0.2, 0.25) is 10.0 Å². The van der Waals surface area contributed by atoms with Crippen LogP contribution in [0, 0.1) is 5.92 Å². The fourth-order valence-corrected chi connectivity index (χ4v) is 2.41. The molecule has 118 valence electrons. The van der Waals surface area contributed by atoms with Crippen molar-refractivity contribution in [2.24, 2.45) is 5.92 Å². The van der Waals surface area contributed by atoms with E-state index in [1.165, 1.54) is 0 Å². The molecule has 1 unspecified atom stereocenters. The first kappa shape index (κ1) is 18.1. The molecule has 21 heavy (non-hydrogen) atoms. The molecular weight excluding hydrogens is 309 g/mol. The minimum atomic E-state index is -0.235. The van der Waals surface area contributed by atoms with Gasteiger partial charge in [0.05, 0.1) is 10.0 Å². The summed E-state index contributed by atoms with van der Waals surface area (Å²) in [4.78, 5) is 14.1. The number of nitrogens with zero attached hydrogens (tertiary/aromatic N) is 1. The summed E-state index contributed by atoms with van der Waals surface area (Å²) in [6.07, 6.45) is 0.924. The van der Waals surface area contributed by atoms with Gasteiger partial charge in [-0.25, -0.2) is 4.79 Å². The lowest BCUT2D eigenvalue weighted by molar-refractivity contribution is 0.240. The summed E-state index contributed by atoms with van der Waals surface area (Å²) in [7, 11) is 3.98. The van der Waals surface area contributed by atoms with Crippen molar-refractivity contribution in [1.82, 2.24) is 10.2 Å². The van der Waals surface area contributed by atoms with E-state index in [1.54, 1.807) is 18.2 Å². The number of halogens is 2. The van der Waals surface area contributed by atoms with Gasteiger partial charge in [-0.05, 0) is 44.6 Å². The van der Waals surface area contributed by atoms with Gasteiger partial charge in [0.15, 0.2) is 0 Å². The Morgan fingerprint density at radius 1 is 1.24 bits per heavy atom. The van der Waals surface area contributed by atoms with E-state index >= 15 is 0 Å². The molecule has 2 N–H and O–H groups in total. The van der Waals surface area contributed by atoms with Crippen LogP contribution in [0.3, 0.4) is 0 Å². The number of likely N-dealkylation sites (N-methyl/N-ethyl adjacent to an activating group) is 1. The molecule has 1 aromatic carbocycles. The first-order valence-electron chi connectivity index (χ1n) is 6.95. The number of rotatable bonds is 6. The third kappa shape index (κ3) is 7.02.